The van der Waals surface area contributed by atoms with E-state index in [9.17, 15) is 13.2 Å². The van der Waals surface area contributed by atoms with Crippen LogP contribution < -0.4 is 5.73 Å². The number of ether oxygens (including phenoxy) is 1. The van der Waals surface area contributed by atoms with E-state index in [0.29, 0.717) is 0 Å². The van der Waals surface area contributed by atoms with Crippen LogP contribution in [0.3, 0.4) is 0 Å². The van der Waals surface area contributed by atoms with Gasteiger partial charge in [0, 0.05) is 19.0 Å². The molecule has 0 saturated heterocycles. The predicted molar refractivity (Wildman–Crippen MR) is 73.7 cm³/mol. The molecule has 6 nitrogen and oxygen atoms in total. The zero-order valence-corrected chi connectivity index (χ0v) is 12.5. The molecule has 0 aromatic carbocycles. The van der Waals surface area contributed by atoms with Crippen LogP contribution in [0.4, 0.5) is 0 Å². The summed E-state index contributed by atoms with van der Waals surface area (Å²) in [7, 11) is -3.70. The van der Waals surface area contributed by atoms with E-state index >= 15 is 0 Å². The largest absolute Gasteiger partial charge is 0.465 e. The Hall–Kier alpha value is -0.730. The Balaban J connectivity index is 4.76. The van der Waals surface area contributed by atoms with Crippen molar-refractivity contribution in [3.8, 4) is 0 Å². The average molecular weight is 296 g/mol. The molecule has 0 spiro atoms. The molecule has 0 aliphatic rings. The van der Waals surface area contributed by atoms with E-state index in [2.05, 4.69) is 4.74 Å². The van der Waals surface area contributed by atoms with Crippen molar-refractivity contribution in [2.75, 3.05) is 18.9 Å². The second kappa shape index (κ2) is 7.65. The lowest BCUT2D eigenvalue weighted by molar-refractivity contribution is -0.140. The van der Waals surface area contributed by atoms with E-state index in [1.807, 2.05) is 0 Å². The number of carbonyl (C=O) groups excluding carboxylic acids is 1. The topological polar surface area (TPSA) is 89.7 Å². The molecule has 2 N–H and O–H groups in total. The third-order valence-corrected chi connectivity index (χ3v) is 4.24. The van der Waals surface area contributed by atoms with Gasteiger partial charge < -0.3 is 10.5 Å². The number of thiocarbonyl (C=S) groups is 1. The van der Waals surface area contributed by atoms with Crippen LogP contribution in [0.15, 0.2) is 0 Å². The van der Waals surface area contributed by atoms with E-state index in [-0.39, 0.29) is 30.6 Å². The maximum absolute atomic E-state index is 12.0. The smallest absolute Gasteiger partial charge is 0.322 e. The van der Waals surface area contributed by atoms with Crippen LogP contribution in [-0.2, 0) is 19.6 Å². The summed E-state index contributed by atoms with van der Waals surface area (Å²) in [6, 6.07) is -0.265. The first-order valence-electron chi connectivity index (χ1n) is 5.64. The highest BCUT2D eigenvalue weighted by atomic mass is 32.2. The van der Waals surface area contributed by atoms with Crippen molar-refractivity contribution < 1.29 is 17.9 Å². The van der Waals surface area contributed by atoms with Crippen molar-refractivity contribution in [3.05, 3.63) is 0 Å². The third kappa shape index (κ3) is 6.27. The highest BCUT2D eigenvalue weighted by Crippen LogP contribution is 2.09. The molecular formula is C10H20N2O4S2. The molecule has 0 rings (SSSR count). The monoisotopic (exact) mass is 296 g/mol. The van der Waals surface area contributed by atoms with Crippen LogP contribution in [0.1, 0.15) is 27.2 Å². The van der Waals surface area contributed by atoms with Gasteiger partial charge in [0.05, 0.1) is 11.6 Å². The fraction of sp³-hybridized carbons (Fsp3) is 0.800. The van der Waals surface area contributed by atoms with Crippen molar-refractivity contribution in [1.29, 1.82) is 0 Å². The van der Waals surface area contributed by atoms with Crippen LogP contribution >= 0.6 is 12.2 Å². The van der Waals surface area contributed by atoms with Crippen LogP contribution in [0.5, 0.6) is 0 Å². The Labute approximate surface area is 114 Å². The van der Waals surface area contributed by atoms with Crippen LogP contribution in [0.25, 0.3) is 0 Å². The van der Waals surface area contributed by atoms with Gasteiger partial charge in [-0.2, -0.15) is 4.31 Å². The highest BCUT2D eigenvalue weighted by molar-refractivity contribution is 7.89. The predicted octanol–water partition coefficient (Wildman–Crippen LogP) is 0.266. The third-order valence-electron chi connectivity index (χ3n) is 2.12. The first-order valence-corrected chi connectivity index (χ1v) is 7.66. The summed E-state index contributed by atoms with van der Waals surface area (Å²) in [5.74, 6) is -1.41. The maximum atomic E-state index is 12.0. The van der Waals surface area contributed by atoms with Crippen LogP contribution in [-0.4, -0.2) is 48.6 Å². The minimum Gasteiger partial charge on any atom is -0.465 e. The molecule has 0 unspecified atom stereocenters. The molecule has 0 aliphatic carbocycles. The van der Waals surface area contributed by atoms with Crippen molar-refractivity contribution in [1.82, 2.24) is 4.31 Å². The summed E-state index contributed by atoms with van der Waals surface area (Å²) in [6.45, 7) is 5.40. The fourth-order valence-corrected chi connectivity index (χ4v) is 3.02. The van der Waals surface area contributed by atoms with Crippen molar-refractivity contribution in [3.63, 3.8) is 0 Å². The molecule has 18 heavy (non-hydrogen) atoms. The van der Waals surface area contributed by atoms with Crippen LogP contribution in [0, 0.1) is 0 Å². The van der Waals surface area contributed by atoms with Gasteiger partial charge in [0.1, 0.15) is 0 Å². The summed E-state index contributed by atoms with van der Waals surface area (Å²) in [5.41, 5.74) is 5.35. The summed E-state index contributed by atoms with van der Waals surface area (Å²) < 4.78 is 29.9. The van der Waals surface area contributed by atoms with E-state index in [4.69, 9.17) is 18.0 Å². The lowest BCUT2D eigenvalue weighted by atomic mass is 10.3. The van der Waals surface area contributed by atoms with E-state index in [1.54, 1.807) is 20.8 Å². The molecular weight excluding hydrogens is 276 g/mol. The molecule has 0 aromatic heterocycles. The minimum atomic E-state index is -3.70. The summed E-state index contributed by atoms with van der Waals surface area (Å²) in [5, 5.41) is 0. The number of hydrogen-bond acceptors (Lipinski definition) is 5. The lowest BCUT2D eigenvalue weighted by Crippen LogP contribution is -2.42. The molecule has 0 amide bonds. The second-order valence-electron chi connectivity index (χ2n) is 3.98. The first kappa shape index (κ1) is 17.3. The van der Waals surface area contributed by atoms with Gasteiger partial charge in [0.15, 0.2) is 5.75 Å². The second-order valence-corrected chi connectivity index (χ2v) is 6.43. The zero-order chi connectivity index (χ0) is 14.3. The molecule has 0 saturated carbocycles. The number of rotatable bonds is 8. The van der Waals surface area contributed by atoms with Gasteiger partial charge >= 0.3 is 5.97 Å². The van der Waals surface area contributed by atoms with Crippen molar-refractivity contribution in [2.45, 2.75) is 33.2 Å². The number of esters is 1. The molecule has 0 radical (unpaired) electrons. The fourth-order valence-electron chi connectivity index (χ4n) is 1.37. The number of carbonyl (C=O) groups is 1. The number of hydrogen-bond donors (Lipinski definition) is 1. The minimum absolute atomic E-state index is 0.156. The molecule has 0 aliphatic heterocycles. The van der Waals surface area contributed by atoms with Gasteiger partial charge in [-0.25, -0.2) is 8.42 Å². The van der Waals surface area contributed by atoms with Crippen molar-refractivity contribution in [2.24, 2.45) is 5.73 Å². The van der Waals surface area contributed by atoms with E-state index in [1.165, 1.54) is 4.31 Å². The summed E-state index contributed by atoms with van der Waals surface area (Å²) >= 11 is 4.72. The van der Waals surface area contributed by atoms with Gasteiger partial charge in [-0.15, -0.1) is 0 Å². The number of nitrogens with two attached hydrogens (primary N) is 1. The van der Waals surface area contributed by atoms with Gasteiger partial charge in [0.25, 0.3) is 0 Å². The molecule has 0 aromatic rings. The van der Waals surface area contributed by atoms with E-state index < -0.39 is 21.7 Å². The maximum Gasteiger partial charge on any atom is 0.322 e. The summed E-state index contributed by atoms with van der Waals surface area (Å²) in [6.07, 6.45) is 0.287. The highest BCUT2D eigenvalue weighted by Gasteiger charge is 2.28. The SMILES string of the molecule is CCOC(=O)CS(=O)(=O)N(CCC(N)=S)C(C)C. The molecule has 8 heteroatoms. The lowest BCUT2D eigenvalue weighted by Gasteiger charge is -2.25. The normalized spacial score (nSPS) is 11.8. The van der Waals surface area contributed by atoms with Gasteiger partial charge in [-0.1, -0.05) is 12.2 Å². The molecule has 0 heterocycles. The van der Waals surface area contributed by atoms with Crippen LogP contribution in [0.2, 0.25) is 0 Å². The Bertz CT molecular complexity index is 393. The van der Waals surface area contributed by atoms with Gasteiger partial charge in [-0.3, -0.25) is 4.79 Å². The Morgan fingerprint density at radius 3 is 2.39 bits per heavy atom. The van der Waals surface area contributed by atoms with E-state index in [0.717, 1.165) is 0 Å². The molecule has 106 valence electrons. The zero-order valence-electron chi connectivity index (χ0n) is 10.9. The van der Waals surface area contributed by atoms with Gasteiger partial charge in [0.2, 0.25) is 10.0 Å². The number of sulfonamides is 1. The van der Waals surface area contributed by atoms with Crippen molar-refractivity contribution >= 4 is 33.2 Å². The van der Waals surface area contributed by atoms with Gasteiger partial charge in [-0.05, 0) is 20.8 Å². The summed E-state index contributed by atoms with van der Waals surface area (Å²) in [4.78, 5) is 11.5. The molecule has 0 atom stereocenters. The average Bonchev–Trinajstić information content (AvgIpc) is 2.15. The quantitative estimate of drug-likeness (QED) is 0.511. The standard InChI is InChI=1S/C10H20N2O4S2/c1-4-16-10(13)7-18(14,15)12(8(2)3)6-5-9(11)17/h8H,4-7H2,1-3H3,(H2,11,17). The first-order chi connectivity index (χ1) is 8.20. The molecule has 0 bridgehead atoms. The Morgan fingerprint density at radius 2 is 2.00 bits per heavy atom. The number of nitrogens with zero attached hydrogens (tertiary/aromatic N) is 1. The Morgan fingerprint density at radius 1 is 1.44 bits per heavy atom. The molecule has 0 fully saturated rings. The Kier molecular flexibility index (Phi) is 7.34.